The van der Waals surface area contributed by atoms with Gasteiger partial charge in [0.05, 0.1) is 25.5 Å². The second kappa shape index (κ2) is 12.6. The van der Waals surface area contributed by atoms with E-state index in [1.807, 2.05) is 18.2 Å². The lowest BCUT2D eigenvalue weighted by Crippen LogP contribution is -2.36. The average molecular weight is 526 g/mol. The van der Waals surface area contributed by atoms with Crippen LogP contribution in [0, 0.1) is 6.92 Å². The molecule has 1 aromatic heterocycles. The van der Waals surface area contributed by atoms with E-state index in [2.05, 4.69) is 45.7 Å². The molecule has 1 aliphatic heterocycles. The van der Waals surface area contributed by atoms with Crippen LogP contribution >= 0.6 is 24.0 Å². The first kappa shape index (κ1) is 24.2. The summed E-state index contributed by atoms with van der Waals surface area (Å²) in [5.41, 5.74) is 3.13. The number of aryl methyl sites for hydroxylation is 1. The largest absolute Gasteiger partial charge is 0.491 e. The van der Waals surface area contributed by atoms with Gasteiger partial charge in [0.2, 0.25) is 5.88 Å². The molecule has 1 fully saturated rings. The summed E-state index contributed by atoms with van der Waals surface area (Å²) in [5, 5.41) is 6.62. The molecule has 0 bridgehead atoms. The van der Waals surface area contributed by atoms with Crippen molar-refractivity contribution in [2.45, 2.75) is 39.0 Å². The fourth-order valence-electron chi connectivity index (χ4n) is 3.14. The molecule has 8 heteroatoms. The molecular formula is C22H31IN4O3. The van der Waals surface area contributed by atoms with Crippen LogP contribution in [-0.2, 0) is 17.8 Å². The van der Waals surface area contributed by atoms with Gasteiger partial charge in [-0.3, -0.25) is 4.99 Å². The lowest BCUT2D eigenvalue weighted by molar-refractivity contribution is 0.0676. The summed E-state index contributed by atoms with van der Waals surface area (Å²) in [6, 6.07) is 11.9. The van der Waals surface area contributed by atoms with E-state index in [1.54, 1.807) is 14.2 Å². The molecule has 2 aromatic rings. The molecule has 3 rings (SSSR count). The lowest BCUT2D eigenvalue weighted by atomic mass is 10.1. The van der Waals surface area contributed by atoms with E-state index in [-0.39, 0.29) is 30.1 Å². The molecule has 0 spiro atoms. The molecule has 30 heavy (non-hydrogen) atoms. The first-order chi connectivity index (χ1) is 14.2. The van der Waals surface area contributed by atoms with Gasteiger partial charge < -0.3 is 24.8 Å². The van der Waals surface area contributed by atoms with E-state index in [1.165, 1.54) is 5.56 Å². The maximum absolute atomic E-state index is 6.07. The van der Waals surface area contributed by atoms with E-state index >= 15 is 0 Å². The Bertz CT molecular complexity index is 826. The molecule has 7 nitrogen and oxygen atoms in total. The Morgan fingerprint density at radius 2 is 2.07 bits per heavy atom. The van der Waals surface area contributed by atoms with Crippen molar-refractivity contribution in [2.75, 3.05) is 27.4 Å². The van der Waals surface area contributed by atoms with Gasteiger partial charge in [-0.2, -0.15) is 0 Å². The van der Waals surface area contributed by atoms with Crippen LogP contribution < -0.4 is 20.1 Å². The number of methoxy groups -OCH3 is 1. The number of pyridine rings is 1. The van der Waals surface area contributed by atoms with Crippen molar-refractivity contribution < 1.29 is 14.2 Å². The van der Waals surface area contributed by atoms with Crippen molar-refractivity contribution in [2.24, 2.45) is 4.99 Å². The monoisotopic (exact) mass is 526 g/mol. The Labute approximate surface area is 195 Å². The zero-order chi connectivity index (χ0) is 20.5. The van der Waals surface area contributed by atoms with Crippen LogP contribution in [0.2, 0.25) is 0 Å². The number of halogens is 1. The van der Waals surface area contributed by atoms with Crippen LogP contribution in [0.4, 0.5) is 0 Å². The molecule has 1 atom stereocenters. The molecule has 0 radical (unpaired) electrons. The average Bonchev–Trinajstić information content (AvgIpc) is 3.27. The minimum atomic E-state index is 0. The van der Waals surface area contributed by atoms with Gasteiger partial charge in [-0.15, -0.1) is 24.0 Å². The van der Waals surface area contributed by atoms with Crippen LogP contribution in [0.15, 0.2) is 41.4 Å². The molecule has 2 N–H and O–H groups in total. The van der Waals surface area contributed by atoms with Crippen LogP contribution in [0.3, 0.4) is 0 Å². The summed E-state index contributed by atoms with van der Waals surface area (Å²) in [6.45, 7) is 4.64. The van der Waals surface area contributed by atoms with Gasteiger partial charge in [-0.25, -0.2) is 4.98 Å². The maximum Gasteiger partial charge on any atom is 0.213 e. The standard InChI is InChI=1S/C22H30N4O3.HI/c1-16-9-10-17(20(12-16)29-15-19-7-5-11-28-19)13-24-22(23-2)25-14-18-6-4-8-21(26-18)27-3;/h4,6,8-10,12,19H,5,7,11,13-15H2,1-3H3,(H2,23,24,25);1H. The molecule has 1 unspecified atom stereocenters. The summed E-state index contributed by atoms with van der Waals surface area (Å²) >= 11 is 0. The number of hydrogen-bond acceptors (Lipinski definition) is 5. The van der Waals surface area contributed by atoms with Gasteiger partial charge >= 0.3 is 0 Å². The molecule has 1 aliphatic rings. The lowest BCUT2D eigenvalue weighted by Gasteiger charge is -2.17. The van der Waals surface area contributed by atoms with Crippen molar-refractivity contribution in [3.63, 3.8) is 0 Å². The zero-order valence-corrected chi connectivity index (χ0v) is 20.1. The Morgan fingerprint density at radius 3 is 2.80 bits per heavy atom. The zero-order valence-electron chi connectivity index (χ0n) is 17.8. The number of rotatable bonds is 8. The van der Waals surface area contributed by atoms with Crippen molar-refractivity contribution in [1.29, 1.82) is 0 Å². The SMILES string of the molecule is CN=C(NCc1cccc(OC)n1)NCc1ccc(C)cc1OCC1CCCO1.I. The minimum absolute atomic E-state index is 0. The van der Waals surface area contributed by atoms with Gasteiger partial charge in [-0.05, 0) is 37.5 Å². The van der Waals surface area contributed by atoms with Crippen molar-refractivity contribution in [3.05, 3.63) is 53.2 Å². The fraction of sp³-hybridized carbons (Fsp3) is 0.455. The number of ether oxygens (including phenoxy) is 3. The number of nitrogens with zero attached hydrogens (tertiary/aromatic N) is 2. The Balaban J connectivity index is 0.00000320. The van der Waals surface area contributed by atoms with Crippen LogP contribution in [-0.4, -0.2) is 44.4 Å². The molecule has 2 heterocycles. The van der Waals surface area contributed by atoms with Gasteiger partial charge in [0.1, 0.15) is 12.4 Å². The molecule has 0 amide bonds. The number of hydrogen-bond donors (Lipinski definition) is 2. The van der Waals surface area contributed by atoms with Crippen molar-refractivity contribution >= 4 is 29.9 Å². The van der Waals surface area contributed by atoms with Gasteiger partial charge in [0.25, 0.3) is 0 Å². The topological polar surface area (TPSA) is 77.0 Å². The molecule has 1 saturated heterocycles. The predicted octanol–water partition coefficient (Wildman–Crippen LogP) is 3.44. The second-order valence-electron chi connectivity index (χ2n) is 7.01. The smallest absolute Gasteiger partial charge is 0.213 e. The Morgan fingerprint density at radius 1 is 1.23 bits per heavy atom. The predicted molar refractivity (Wildman–Crippen MR) is 129 cm³/mol. The number of benzene rings is 1. The van der Waals surface area contributed by atoms with E-state index in [0.29, 0.717) is 31.5 Å². The highest BCUT2D eigenvalue weighted by Gasteiger charge is 2.17. The first-order valence-electron chi connectivity index (χ1n) is 9.96. The number of aliphatic imine (C=N–C) groups is 1. The Kier molecular flexibility index (Phi) is 10.2. The van der Waals surface area contributed by atoms with Crippen molar-refractivity contribution in [1.82, 2.24) is 15.6 Å². The van der Waals surface area contributed by atoms with Gasteiger partial charge in [-0.1, -0.05) is 18.2 Å². The number of aromatic nitrogens is 1. The van der Waals surface area contributed by atoms with E-state index in [9.17, 15) is 0 Å². The van der Waals surface area contributed by atoms with Crippen LogP contribution in [0.5, 0.6) is 11.6 Å². The molecule has 164 valence electrons. The molecule has 0 aliphatic carbocycles. The van der Waals surface area contributed by atoms with E-state index in [0.717, 1.165) is 36.5 Å². The third-order valence-corrected chi connectivity index (χ3v) is 4.77. The van der Waals surface area contributed by atoms with Crippen molar-refractivity contribution in [3.8, 4) is 11.6 Å². The molecule has 1 aromatic carbocycles. The summed E-state index contributed by atoms with van der Waals surface area (Å²) in [7, 11) is 3.36. The highest BCUT2D eigenvalue weighted by Crippen LogP contribution is 2.22. The third-order valence-electron chi connectivity index (χ3n) is 4.77. The molecule has 0 saturated carbocycles. The van der Waals surface area contributed by atoms with E-state index in [4.69, 9.17) is 14.2 Å². The van der Waals surface area contributed by atoms with E-state index < -0.39 is 0 Å². The number of guanidine groups is 1. The summed E-state index contributed by atoms with van der Waals surface area (Å²) in [6.07, 6.45) is 2.37. The van der Waals surface area contributed by atoms with Crippen LogP contribution in [0.1, 0.15) is 29.7 Å². The minimum Gasteiger partial charge on any atom is -0.491 e. The summed E-state index contributed by atoms with van der Waals surface area (Å²) in [5.74, 6) is 2.18. The highest BCUT2D eigenvalue weighted by atomic mass is 127. The highest BCUT2D eigenvalue weighted by molar-refractivity contribution is 14.0. The van der Waals surface area contributed by atoms with Crippen LogP contribution in [0.25, 0.3) is 0 Å². The first-order valence-corrected chi connectivity index (χ1v) is 9.96. The fourth-order valence-corrected chi connectivity index (χ4v) is 3.14. The number of nitrogens with one attached hydrogen (secondary N) is 2. The van der Waals surface area contributed by atoms with Gasteiger partial charge in [0, 0.05) is 31.8 Å². The quantitative estimate of drug-likeness (QED) is 0.312. The summed E-state index contributed by atoms with van der Waals surface area (Å²) in [4.78, 5) is 8.69. The molecular weight excluding hydrogens is 495 g/mol. The maximum atomic E-state index is 6.07. The Hall–Kier alpha value is -2.07. The normalized spacial score (nSPS) is 16.0. The third kappa shape index (κ3) is 7.32. The van der Waals surface area contributed by atoms with Gasteiger partial charge in [0.15, 0.2) is 5.96 Å². The second-order valence-corrected chi connectivity index (χ2v) is 7.01. The summed E-state index contributed by atoms with van der Waals surface area (Å²) < 4.78 is 16.9.